The molecule has 35 heavy (non-hydrogen) atoms. The topological polar surface area (TPSA) is 111 Å². The highest BCUT2D eigenvalue weighted by Gasteiger charge is 2.44. The minimum atomic E-state index is -5.08. The van der Waals surface area contributed by atoms with E-state index in [0.717, 1.165) is 18.9 Å². The third kappa shape index (κ3) is 7.09. The zero-order valence-corrected chi connectivity index (χ0v) is 18.4. The average Bonchev–Trinajstić information content (AvgIpc) is 3.06. The second-order valence-corrected chi connectivity index (χ2v) is 8.10. The summed E-state index contributed by atoms with van der Waals surface area (Å²) in [6.45, 7) is 2.03. The maximum Gasteiger partial charge on any atom is 0.490 e. The van der Waals surface area contributed by atoms with Gasteiger partial charge in [0.2, 0.25) is 5.95 Å². The lowest BCUT2D eigenvalue weighted by Crippen LogP contribution is -2.47. The summed E-state index contributed by atoms with van der Waals surface area (Å²) < 4.78 is 58.8. The maximum absolute atomic E-state index is 13.4. The Morgan fingerprint density at radius 1 is 1.26 bits per heavy atom. The number of alkyl halides is 3. The molecule has 1 N–H and O–H groups in total. The van der Waals surface area contributed by atoms with Crippen LogP contribution in [0, 0.1) is 5.95 Å². The smallest absolute Gasteiger partial charge is 0.475 e. The van der Waals surface area contributed by atoms with Crippen molar-refractivity contribution in [2.45, 2.75) is 37.3 Å². The fourth-order valence-electron chi connectivity index (χ4n) is 3.87. The third-order valence-corrected chi connectivity index (χ3v) is 5.49. The zero-order chi connectivity index (χ0) is 25.6. The Hall–Kier alpha value is -3.32. The number of hydrogen-bond donors (Lipinski definition) is 1. The number of halogens is 4. The van der Waals surface area contributed by atoms with Crippen molar-refractivity contribution in [1.82, 2.24) is 14.5 Å². The molecule has 13 heteroatoms. The van der Waals surface area contributed by atoms with Crippen molar-refractivity contribution in [3.63, 3.8) is 0 Å². The van der Waals surface area contributed by atoms with Crippen molar-refractivity contribution in [2.24, 2.45) is 0 Å². The number of aliphatic carboxylic acids is 1. The van der Waals surface area contributed by atoms with E-state index in [1.54, 1.807) is 21.7 Å². The molecule has 4 rings (SSSR count). The summed E-state index contributed by atoms with van der Waals surface area (Å²) in [6, 6.07) is 7.69. The van der Waals surface area contributed by atoms with E-state index < -0.39 is 23.7 Å². The summed E-state index contributed by atoms with van der Waals surface area (Å²) >= 11 is 0. The van der Waals surface area contributed by atoms with Gasteiger partial charge in [-0.05, 0) is 25.0 Å². The molecular formula is C22H23F4N3O6. The third-order valence-electron chi connectivity index (χ3n) is 5.49. The minimum Gasteiger partial charge on any atom is -0.475 e. The number of carboxylic acid groups (broad SMARTS) is 1. The Morgan fingerprint density at radius 3 is 2.66 bits per heavy atom. The summed E-state index contributed by atoms with van der Waals surface area (Å²) in [5.41, 5.74) is -0.420. The number of carboxylic acids is 1. The highest BCUT2D eigenvalue weighted by atomic mass is 19.4. The van der Waals surface area contributed by atoms with E-state index in [0.29, 0.717) is 32.8 Å². The van der Waals surface area contributed by atoms with Crippen LogP contribution in [-0.2, 0) is 20.8 Å². The highest BCUT2D eigenvalue weighted by Crippen LogP contribution is 2.34. The normalized spacial score (nSPS) is 22.3. The van der Waals surface area contributed by atoms with Gasteiger partial charge in [-0.1, -0.05) is 6.07 Å². The van der Waals surface area contributed by atoms with Crippen LogP contribution in [0.3, 0.4) is 0 Å². The average molecular weight is 501 g/mol. The van der Waals surface area contributed by atoms with Gasteiger partial charge in [0.15, 0.2) is 0 Å². The van der Waals surface area contributed by atoms with Gasteiger partial charge in [0, 0.05) is 36.6 Å². The van der Waals surface area contributed by atoms with Crippen LogP contribution in [0.15, 0.2) is 47.5 Å². The van der Waals surface area contributed by atoms with E-state index in [1.807, 2.05) is 6.07 Å². The number of nitrogens with zero attached hydrogens (tertiary/aromatic N) is 3. The molecule has 190 valence electrons. The molecule has 2 atom stereocenters. The van der Waals surface area contributed by atoms with Gasteiger partial charge in [-0.3, -0.25) is 9.59 Å². The van der Waals surface area contributed by atoms with Gasteiger partial charge in [0.25, 0.3) is 11.5 Å². The highest BCUT2D eigenvalue weighted by molar-refractivity contribution is 5.94. The number of rotatable bonds is 3. The maximum atomic E-state index is 13.4. The van der Waals surface area contributed by atoms with Crippen LogP contribution >= 0.6 is 0 Å². The van der Waals surface area contributed by atoms with Gasteiger partial charge < -0.3 is 24.0 Å². The molecule has 0 radical (unpaired) electrons. The van der Waals surface area contributed by atoms with E-state index in [4.69, 9.17) is 19.4 Å². The quantitative estimate of drug-likeness (QED) is 0.507. The molecule has 2 aliphatic heterocycles. The first-order valence-electron chi connectivity index (χ1n) is 10.6. The van der Waals surface area contributed by atoms with E-state index in [-0.39, 0.29) is 23.1 Å². The first kappa shape index (κ1) is 26.3. The molecular weight excluding hydrogens is 478 g/mol. The van der Waals surface area contributed by atoms with E-state index in [9.17, 15) is 27.2 Å². The van der Waals surface area contributed by atoms with Crippen molar-refractivity contribution >= 4 is 11.9 Å². The molecule has 1 amide bonds. The van der Waals surface area contributed by atoms with Gasteiger partial charge in [0.05, 0.1) is 32.4 Å². The van der Waals surface area contributed by atoms with E-state index in [1.165, 1.54) is 18.3 Å². The number of pyridine rings is 2. The van der Waals surface area contributed by atoms with E-state index in [2.05, 4.69) is 4.98 Å². The molecule has 2 aliphatic rings. The van der Waals surface area contributed by atoms with Crippen LogP contribution in [0.25, 0.3) is 0 Å². The Kier molecular flexibility index (Phi) is 8.22. The fourth-order valence-corrected chi connectivity index (χ4v) is 3.87. The lowest BCUT2D eigenvalue weighted by molar-refractivity contribution is -0.192. The van der Waals surface area contributed by atoms with Gasteiger partial charge in [-0.15, -0.1) is 0 Å². The predicted octanol–water partition coefficient (Wildman–Crippen LogP) is 2.11. The molecule has 2 fully saturated rings. The minimum absolute atomic E-state index is 0.0688. The van der Waals surface area contributed by atoms with Crippen LogP contribution in [0.1, 0.15) is 23.2 Å². The number of hydrogen-bond acceptors (Lipinski definition) is 6. The standard InChI is InChI=1S/C20H22FN3O4.C2HF3O2/c21-17-11-15(5-7-22-17)19(26)24-9-10-27-14-20(13-24)6-4-16(28-20)12-23-8-2-1-3-18(23)25;3-2(4,5)1(6)7/h1-3,5,7-8,11,16H,4,6,9-10,12-14H2;(H,6,7). The Morgan fingerprint density at radius 2 is 2.00 bits per heavy atom. The molecule has 2 unspecified atom stereocenters. The summed E-state index contributed by atoms with van der Waals surface area (Å²) in [7, 11) is 0. The van der Waals surface area contributed by atoms with Crippen LogP contribution in [-0.4, -0.2) is 75.6 Å². The molecule has 0 saturated carbocycles. The predicted molar refractivity (Wildman–Crippen MR) is 112 cm³/mol. The van der Waals surface area contributed by atoms with Crippen LogP contribution in [0.4, 0.5) is 17.6 Å². The molecule has 0 aromatic carbocycles. The van der Waals surface area contributed by atoms with Gasteiger partial charge >= 0.3 is 12.1 Å². The van der Waals surface area contributed by atoms with Crippen molar-refractivity contribution in [3.05, 3.63) is 64.6 Å². The monoisotopic (exact) mass is 501 g/mol. The lowest BCUT2D eigenvalue weighted by Gasteiger charge is -2.32. The number of carbonyl (C=O) groups is 2. The summed E-state index contributed by atoms with van der Waals surface area (Å²) in [5.74, 6) is -3.71. The first-order chi connectivity index (χ1) is 16.5. The largest absolute Gasteiger partial charge is 0.490 e. The second kappa shape index (κ2) is 11.0. The van der Waals surface area contributed by atoms with Crippen molar-refractivity contribution in [3.8, 4) is 0 Å². The summed E-state index contributed by atoms with van der Waals surface area (Å²) in [5, 5.41) is 7.12. The zero-order valence-electron chi connectivity index (χ0n) is 18.4. The number of aromatic nitrogens is 2. The number of ether oxygens (including phenoxy) is 2. The van der Waals surface area contributed by atoms with Gasteiger partial charge in [-0.25, -0.2) is 9.78 Å². The fraction of sp³-hybridized carbons (Fsp3) is 0.455. The van der Waals surface area contributed by atoms with Crippen LogP contribution in [0.2, 0.25) is 0 Å². The molecule has 2 saturated heterocycles. The summed E-state index contributed by atoms with van der Waals surface area (Å²) in [4.78, 5) is 38.8. The van der Waals surface area contributed by atoms with Crippen LogP contribution in [0.5, 0.6) is 0 Å². The SMILES string of the molecule is O=C(O)C(F)(F)F.O=C(c1ccnc(F)c1)N1CCOCC2(CCC(Cn3ccccc3=O)O2)C1. The molecule has 4 heterocycles. The number of amides is 1. The molecule has 2 aromatic rings. The second-order valence-electron chi connectivity index (χ2n) is 8.10. The van der Waals surface area contributed by atoms with Crippen molar-refractivity contribution in [2.75, 3.05) is 26.3 Å². The molecule has 2 aromatic heterocycles. The molecule has 0 aliphatic carbocycles. The lowest BCUT2D eigenvalue weighted by atomic mass is 9.99. The first-order valence-corrected chi connectivity index (χ1v) is 10.6. The Bertz CT molecular complexity index is 1110. The molecule has 0 bridgehead atoms. The number of carbonyl (C=O) groups excluding carboxylic acids is 1. The summed E-state index contributed by atoms with van der Waals surface area (Å²) in [6.07, 6.45) is -0.678. The van der Waals surface area contributed by atoms with Crippen molar-refractivity contribution < 1.29 is 41.7 Å². The van der Waals surface area contributed by atoms with Gasteiger partial charge in [0.1, 0.15) is 5.60 Å². The van der Waals surface area contributed by atoms with Gasteiger partial charge in [-0.2, -0.15) is 17.6 Å². The molecule has 9 nitrogen and oxygen atoms in total. The molecule has 1 spiro atoms. The Labute approximate surface area is 196 Å². The Balaban J connectivity index is 0.000000429. The van der Waals surface area contributed by atoms with Crippen LogP contribution < -0.4 is 5.56 Å². The van der Waals surface area contributed by atoms with Crippen molar-refractivity contribution in [1.29, 1.82) is 0 Å². The van der Waals surface area contributed by atoms with E-state index >= 15 is 0 Å².